The number of esters is 4. The third-order valence-electron chi connectivity index (χ3n) is 20.0. The Morgan fingerprint density at radius 1 is 0.260 bits per heavy atom. The topological polar surface area (TPSA) is 237 Å². The highest BCUT2D eigenvalue weighted by molar-refractivity contribution is 7.47. The predicted molar refractivity (Wildman–Crippen MR) is 428 cm³/mol. The maximum absolute atomic E-state index is 13.1. The first-order chi connectivity index (χ1) is 50.4. The summed E-state index contributed by atoms with van der Waals surface area (Å²) in [4.78, 5) is 73.2. The molecule has 0 bridgehead atoms. The average molecular weight is 1520 g/mol. The van der Waals surface area contributed by atoms with Crippen LogP contribution in [0.15, 0.2) is 0 Å². The molecule has 0 fully saturated rings. The van der Waals surface area contributed by atoms with Crippen LogP contribution >= 0.6 is 15.6 Å². The third kappa shape index (κ3) is 78.2. The van der Waals surface area contributed by atoms with Crippen LogP contribution in [0.5, 0.6) is 0 Å². The molecular formula is C85H166O17P2. The number of ether oxygens (including phenoxy) is 4. The molecule has 0 aromatic carbocycles. The number of carbonyl (C=O) groups is 4. The third-order valence-corrected chi connectivity index (χ3v) is 21.9. The van der Waals surface area contributed by atoms with E-state index in [1.807, 2.05) is 0 Å². The quantitative estimate of drug-likeness (QED) is 0.0222. The largest absolute Gasteiger partial charge is 0.472 e. The van der Waals surface area contributed by atoms with Crippen LogP contribution in [0.2, 0.25) is 0 Å². The van der Waals surface area contributed by atoms with Crippen molar-refractivity contribution in [2.24, 2.45) is 11.8 Å². The highest BCUT2D eigenvalue weighted by Crippen LogP contribution is 2.45. The number of hydrogen-bond donors (Lipinski definition) is 3. The van der Waals surface area contributed by atoms with Gasteiger partial charge in [-0.25, -0.2) is 9.13 Å². The van der Waals surface area contributed by atoms with Crippen molar-refractivity contribution in [3.8, 4) is 0 Å². The van der Waals surface area contributed by atoms with Crippen LogP contribution in [0.25, 0.3) is 0 Å². The van der Waals surface area contributed by atoms with Gasteiger partial charge >= 0.3 is 39.5 Å². The molecule has 0 saturated heterocycles. The zero-order valence-corrected chi connectivity index (χ0v) is 70.1. The summed E-state index contributed by atoms with van der Waals surface area (Å²) < 4.78 is 68.9. The van der Waals surface area contributed by atoms with Gasteiger partial charge in [-0.3, -0.25) is 37.3 Å². The zero-order chi connectivity index (χ0) is 76.4. The summed E-state index contributed by atoms with van der Waals surface area (Å²) in [5.74, 6) is -0.555. The standard InChI is InChI=1S/C85H166O17P2/c1-7-9-11-13-15-17-19-21-23-25-29-33-37-43-49-55-61-67-82(87)95-73-80(101-84(89)70-64-58-52-45-39-35-31-27-28-32-36-41-47-53-59-65-77(3)4)75-99-103(91,92)97-71-79(86)72-98-104(93,94)100-76-81(74-96-83(88)68-62-56-50-46-40-42-48-54-60-66-78(5)6)102-85(90)69-63-57-51-44-38-34-30-26-24-22-20-18-16-14-12-10-8-2/h77-81,86H,7-76H2,1-6H3,(H,91,92)(H,93,94)/t79-,80-,81-/m1/s1. The Balaban J connectivity index is 5.26. The molecule has 618 valence electrons. The lowest BCUT2D eigenvalue weighted by Crippen LogP contribution is -2.30. The van der Waals surface area contributed by atoms with Gasteiger partial charge in [0.05, 0.1) is 26.4 Å². The molecule has 0 aliphatic carbocycles. The van der Waals surface area contributed by atoms with E-state index in [-0.39, 0.29) is 25.7 Å². The fourth-order valence-corrected chi connectivity index (χ4v) is 14.8. The van der Waals surface area contributed by atoms with Gasteiger partial charge in [0.1, 0.15) is 19.3 Å². The first-order valence-electron chi connectivity index (χ1n) is 44.0. The Labute approximate surface area is 638 Å². The van der Waals surface area contributed by atoms with Gasteiger partial charge in [-0.05, 0) is 37.5 Å². The second-order valence-corrected chi connectivity index (χ2v) is 34.4. The maximum Gasteiger partial charge on any atom is 0.472 e. The molecule has 0 amide bonds. The molecule has 3 N–H and O–H groups in total. The number of unbranched alkanes of at least 4 members (excludes halogenated alkanes) is 54. The fourth-order valence-electron chi connectivity index (χ4n) is 13.2. The Kier molecular flexibility index (Phi) is 75.0. The van der Waals surface area contributed by atoms with Gasteiger partial charge in [-0.2, -0.15) is 0 Å². The van der Waals surface area contributed by atoms with Crippen molar-refractivity contribution >= 4 is 39.5 Å². The van der Waals surface area contributed by atoms with E-state index in [1.54, 1.807) is 0 Å². The number of phosphoric acid groups is 2. The SMILES string of the molecule is CCCCCCCCCCCCCCCCCCCC(=O)OC[C@H](COP(=O)(O)OC[C@@H](O)COP(=O)(O)OC[C@@H](COC(=O)CCCCCCCCCCCC(C)C)OC(=O)CCCCCCCCCCCCCCCCCCC)OC(=O)CCCCCCCCCCCCCCCCCC(C)C. The average Bonchev–Trinajstić information content (AvgIpc) is 0.906. The molecule has 0 aliphatic heterocycles. The second kappa shape index (κ2) is 76.4. The molecule has 0 rings (SSSR count). The van der Waals surface area contributed by atoms with Crippen LogP contribution in [0.3, 0.4) is 0 Å². The minimum Gasteiger partial charge on any atom is -0.462 e. The minimum absolute atomic E-state index is 0.108. The highest BCUT2D eigenvalue weighted by Gasteiger charge is 2.30. The van der Waals surface area contributed by atoms with Crippen LogP contribution in [-0.2, 0) is 65.4 Å². The van der Waals surface area contributed by atoms with Crippen molar-refractivity contribution in [3.05, 3.63) is 0 Å². The molecule has 0 radical (unpaired) electrons. The zero-order valence-electron chi connectivity index (χ0n) is 68.3. The molecule has 0 heterocycles. The van der Waals surface area contributed by atoms with Crippen molar-refractivity contribution in [1.82, 2.24) is 0 Å². The summed E-state index contributed by atoms with van der Waals surface area (Å²) in [6.07, 6.45) is 67.9. The summed E-state index contributed by atoms with van der Waals surface area (Å²) in [6, 6.07) is 0. The predicted octanol–water partition coefficient (Wildman–Crippen LogP) is 25.8. The monoisotopic (exact) mass is 1520 g/mol. The molecule has 0 aliphatic rings. The molecule has 0 aromatic heterocycles. The summed E-state index contributed by atoms with van der Waals surface area (Å²) in [5.41, 5.74) is 0. The van der Waals surface area contributed by atoms with Crippen molar-refractivity contribution in [3.63, 3.8) is 0 Å². The van der Waals surface area contributed by atoms with Crippen molar-refractivity contribution in [1.29, 1.82) is 0 Å². The maximum atomic E-state index is 13.1. The second-order valence-electron chi connectivity index (χ2n) is 31.5. The van der Waals surface area contributed by atoms with E-state index in [2.05, 4.69) is 41.5 Å². The van der Waals surface area contributed by atoms with Gasteiger partial charge in [-0.1, -0.05) is 401 Å². The smallest absolute Gasteiger partial charge is 0.462 e. The normalized spacial score (nSPS) is 13.8. The Hall–Kier alpha value is -1.94. The number of aliphatic hydroxyl groups excluding tert-OH is 1. The van der Waals surface area contributed by atoms with Gasteiger partial charge in [-0.15, -0.1) is 0 Å². The first-order valence-corrected chi connectivity index (χ1v) is 47.0. The molecule has 19 heteroatoms. The van der Waals surface area contributed by atoms with Crippen molar-refractivity contribution in [2.45, 2.75) is 471 Å². The number of carbonyl (C=O) groups excluding carboxylic acids is 4. The van der Waals surface area contributed by atoms with Crippen molar-refractivity contribution in [2.75, 3.05) is 39.6 Å². The molecule has 0 saturated carbocycles. The molecule has 104 heavy (non-hydrogen) atoms. The van der Waals surface area contributed by atoms with E-state index in [4.69, 9.17) is 37.0 Å². The van der Waals surface area contributed by atoms with E-state index in [0.29, 0.717) is 25.7 Å². The summed E-state index contributed by atoms with van der Waals surface area (Å²) in [6.45, 7) is 9.68. The van der Waals surface area contributed by atoms with E-state index in [1.165, 1.54) is 270 Å². The minimum atomic E-state index is -4.96. The van der Waals surface area contributed by atoms with Crippen LogP contribution in [0, 0.1) is 11.8 Å². The molecular weight excluding hydrogens is 1350 g/mol. The lowest BCUT2D eigenvalue weighted by atomic mass is 10.0. The molecule has 0 aromatic rings. The molecule has 2 unspecified atom stereocenters. The number of phosphoric ester groups is 2. The summed E-state index contributed by atoms with van der Waals surface area (Å²) in [7, 11) is -9.93. The molecule has 17 nitrogen and oxygen atoms in total. The van der Waals surface area contributed by atoms with Crippen LogP contribution in [0.1, 0.15) is 452 Å². The molecule has 5 atom stereocenters. The Morgan fingerprint density at radius 2 is 0.442 bits per heavy atom. The first kappa shape index (κ1) is 102. The van der Waals surface area contributed by atoms with Gasteiger partial charge in [0, 0.05) is 25.7 Å². The summed E-state index contributed by atoms with van der Waals surface area (Å²) >= 11 is 0. The van der Waals surface area contributed by atoms with E-state index in [0.717, 1.165) is 102 Å². The molecule has 0 spiro atoms. The van der Waals surface area contributed by atoms with Crippen molar-refractivity contribution < 1.29 is 80.2 Å². The van der Waals surface area contributed by atoms with Crippen LogP contribution in [0.4, 0.5) is 0 Å². The van der Waals surface area contributed by atoms with E-state index < -0.39 is 97.5 Å². The van der Waals surface area contributed by atoms with Crippen LogP contribution in [-0.4, -0.2) is 96.7 Å². The van der Waals surface area contributed by atoms with Gasteiger partial charge in [0.2, 0.25) is 0 Å². The lowest BCUT2D eigenvalue weighted by Gasteiger charge is -2.21. The fraction of sp³-hybridized carbons (Fsp3) is 0.953. The van der Waals surface area contributed by atoms with Gasteiger partial charge in [0.15, 0.2) is 12.2 Å². The van der Waals surface area contributed by atoms with Gasteiger partial charge < -0.3 is 33.8 Å². The summed E-state index contributed by atoms with van der Waals surface area (Å²) in [5, 5.41) is 10.7. The van der Waals surface area contributed by atoms with E-state index >= 15 is 0 Å². The van der Waals surface area contributed by atoms with Gasteiger partial charge in [0.25, 0.3) is 0 Å². The highest BCUT2D eigenvalue weighted by atomic mass is 31.2. The number of hydrogen-bond acceptors (Lipinski definition) is 15. The van der Waals surface area contributed by atoms with E-state index in [9.17, 15) is 43.2 Å². The number of rotatable bonds is 84. The lowest BCUT2D eigenvalue weighted by molar-refractivity contribution is -0.161. The van der Waals surface area contributed by atoms with Crippen LogP contribution < -0.4 is 0 Å². The Bertz CT molecular complexity index is 1990. The Morgan fingerprint density at radius 3 is 0.654 bits per heavy atom. The number of aliphatic hydroxyl groups is 1.